The van der Waals surface area contributed by atoms with Gasteiger partial charge >= 0.3 is 0 Å². The lowest BCUT2D eigenvalue weighted by atomic mass is 9.95. The van der Waals surface area contributed by atoms with Gasteiger partial charge in [0, 0.05) is 30.1 Å². The van der Waals surface area contributed by atoms with Gasteiger partial charge in [0.05, 0.1) is 12.2 Å². The largest absolute Gasteiger partial charge is 0.311 e. The maximum Gasteiger partial charge on any atom is 0.107 e. The number of hydrogen-bond donors (Lipinski definition) is 1. The van der Waals surface area contributed by atoms with Crippen molar-refractivity contribution in [1.82, 2.24) is 15.2 Å². The van der Waals surface area contributed by atoms with Gasteiger partial charge in [-0.25, -0.2) is 4.98 Å². The van der Waals surface area contributed by atoms with Crippen LogP contribution >= 0.6 is 11.3 Å². The summed E-state index contributed by atoms with van der Waals surface area (Å²) in [6.07, 6.45) is 2.46. The van der Waals surface area contributed by atoms with Gasteiger partial charge in [-0.05, 0) is 26.2 Å². The van der Waals surface area contributed by atoms with E-state index in [0.717, 1.165) is 25.6 Å². The lowest BCUT2D eigenvalue weighted by Gasteiger charge is -2.41. The number of aromatic nitrogens is 1. The molecule has 3 nitrogen and oxygen atoms in total. The standard InChI is InChI=1S/C16H29N3S/c1-6-11(3)15-9-19(14(7-2)8-17-15)10-16-18-12(4)13(5)20-16/h11,14-15,17H,6-10H2,1-5H3. The van der Waals surface area contributed by atoms with Crippen LogP contribution in [0.2, 0.25) is 0 Å². The second-order valence-corrected chi connectivity index (χ2v) is 7.43. The van der Waals surface area contributed by atoms with Crippen LogP contribution in [0, 0.1) is 19.8 Å². The molecular weight excluding hydrogens is 266 g/mol. The monoisotopic (exact) mass is 295 g/mol. The predicted molar refractivity (Wildman–Crippen MR) is 87.3 cm³/mol. The summed E-state index contributed by atoms with van der Waals surface area (Å²) in [4.78, 5) is 8.73. The van der Waals surface area contributed by atoms with Gasteiger partial charge in [0.15, 0.2) is 0 Å². The molecule has 0 radical (unpaired) electrons. The molecule has 0 aliphatic carbocycles. The van der Waals surface area contributed by atoms with E-state index in [1.165, 1.54) is 28.4 Å². The molecule has 1 aromatic rings. The minimum atomic E-state index is 0.630. The van der Waals surface area contributed by atoms with Crippen LogP contribution in [0.5, 0.6) is 0 Å². The summed E-state index contributed by atoms with van der Waals surface area (Å²) in [5.41, 5.74) is 1.20. The van der Waals surface area contributed by atoms with Crippen LogP contribution in [-0.4, -0.2) is 35.1 Å². The Balaban J connectivity index is 2.05. The van der Waals surface area contributed by atoms with Crippen LogP contribution in [0.25, 0.3) is 0 Å². The molecule has 0 amide bonds. The Labute approximate surface area is 127 Å². The first-order valence-electron chi connectivity index (χ1n) is 7.95. The number of hydrogen-bond acceptors (Lipinski definition) is 4. The fourth-order valence-corrected chi connectivity index (χ4v) is 3.88. The van der Waals surface area contributed by atoms with Crippen molar-refractivity contribution in [2.24, 2.45) is 5.92 Å². The number of thiazole rings is 1. The molecular formula is C16H29N3S. The Kier molecular flexibility index (Phi) is 5.58. The molecule has 1 saturated heterocycles. The molecule has 0 spiro atoms. The highest BCUT2D eigenvalue weighted by Crippen LogP contribution is 2.23. The Morgan fingerprint density at radius 1 is 1.40 bits per heavy atom. The second-order valence-electron chi connectivity index (χ2n) is 6.14. The lowest BCUT2D eigenvalue weighted by molar-refractivity contribution is 0.0992. The molecule has 1 aromatic heterocycles. The third-order valence-electron chi connectivity index (χ3n) is 4.78. The van der Waals surface area contributed by atoms with Crippen molar-refractivity contribution in [2.45, 2.75) is 66.1 Å². The molecule has 1 fully saturated rings. The molecule has 2 heterocycles. The Morgan fingerprint density at radius 3 is 2.70 bits per heavy atom. The highest BCUT2D eigenvalue weighted by Gasteiger charge is 2.29. The number of nitrogens with one attached hydrogen (secondary N) is 1. The van der Waals surface area contributed by atoms with Crippen LogP contribution in [0.1, 0.15) is 49.2 Å². The Bertz CT molecular complexity index is 410. The van der Waals surface area contributed by atoms with Crippen LogP contribution in [0.4, 0.5) is 0 Å². The van der Waals surface area contributed by atoms with E-state index < -0.39 is 0 Å². The number of nitrogens with zero attached hydrogens (tertiary/aromatic N) is 2. The maximum atomic E-state index is 4.72. The molecule has 1 N–H and O–H groups in total. The molecule has 0 saturated carbocycles. The summed E-state index contributed by atoms with van der Waals surface area (Å²) in [7, 11) is 0. The van der Waals surface area contributed by atoms with E-state index in [1.807, 2.05) is 11.3 Å². The van der Waals surface area contributed by atoms with Gasteiger partial charge in [0.25, 0.3) is 0 Å². The average molecular weight is 295 g/mol. The zero-order chi connectivity index (χ0) is 14.7. The van der Waals surface area contributed by atoms with Crippen LogP contribution in [-0.2, 0) is 6.54 Å². The van der Waals surface area contributed by atoms with Gasteiger partial charge in [-0.15, -0.1) is 11.3 Å². The normalized spacial score (nSPS) is 25.9. The molecule has 4 heteroatoms. The van der Waals surface area contributed by atoms with Crippen molar-refractivity contribution >= 4 is 11.3 Å². The molecule has 0 aromatic carbocycles. The molecule has 3 atom stereocenters. The zero-order valence-electron chi connectivity index (χ0n) is 13.6. The van der Waals surface area contributed by atoms with Gasteiger partial charge < -0.3 is 5.32 Å². The van der Waals surface area contributed by atoms with Crippen molar-refractivity contribution in [2.75, 3.05) is 13.1 Å². The first-order chi connectivity index (χ1) is 9.55. The third kappa shape index (κ3) is 3.60. The topological polar surface area (TPSA) is 28.2 Å². The summed E-state index contributed by atoms with van der Waals surface area (Å²) >= 11 is 1.86. The fourth-order valence-electron chi connectivity index (χ4n) is 2.93. The SMILES string of the molecule is CCC(C)C1CN(Cc2nc(C)c(C)s2)C(CC)CN1. The van der Waals surface area contributed by atoms with Crippen molar-refractivity contribution < 1.29 is 0 Å². The quantitative estimate of drug-likeness (QED) is 0.903. The van der Waals surface area contributed by atoms with Crippen LogP contribution in [0.3, 0.4) is 0 Å². The van der Waals surface area contributed by atoms with Gasteiger partial charge in [0.1, 0.15) is 5.01 Å². The molecule has 20 heavy (non-hydrogen) atoms. The highest BCUT2D eigenvalue weighted by atomic mass is 32.1. The van der Waals surface area contributed by atoms with Crippen molar-refractivity contribution in [3.8, 4) is 0 Å². The molecule has 0 bridgehead atoms. The van der Waals surface area contributed by atoms with Gasteiger partial charge in [-0.2, -0.15) is 0 Å². The first kappa shape index (κ1) is 15.9. The zero-order valence-corrected chi connectivity index (χ0v) is 14.4. The van der Waals surface area contributed by atoms with E-state index in [2.05, 4.69) is 44.8 Å². The van der Waals surface area contributed by atoms with E-state index in [9.17, 15) is 0 Å². The van der Waals surface area contributed by atoms with E-state index in [1.54, 1.807) is 0 Å². The molecule has 114 valence electrons. The molecule has 1 aliphatic rings. The average Bonchev–Trinajstić information content (AvgIpc) is 2.76. The third-order valence-corrected chi connectivity index (χ3v) is 5.83. The van der Waals surface area contributed by atoms with E-state index in [4.69, 9.17) is 4.98 Å². The van der Waals surface area contributed by atoms with Gasteiger partial charge in [-0.1, -0.05) is 27.2 Å². The molecule has 2 rings (SSSR count). The Morgan fingerprint density at radius 2 is 2.15 bits per heavy atom. The number of piperazine rings is 1. The van der Waals surface area contributed by atoms with Crippen LogP contribution in [0.15, 0.2) is 0 Å². The highest BCUT2D eigenvalue weighted by molar-refractivity contribution is 7.11. The lowest BCUT2D eigenvalue weighted by Crippen LogP contribution is -2.57. The maximum absolute atomic E-state index is 4.72. The van der Waals surface area contributed by atoms with Crippen molar-refractivity contribution in [3.63, 3.8) is 0 Å². The summed E-state index contributed by atoms with van der Waals surface area (Å²) in [6, 6.07) is 1.28. The van der Waals surface area contributed by atoms with E-state index >= 15 is 0 Å². The van der Waals surface area contributed by atoms with Crippen LogP contribution < -0.4 is 5.32 Å². The second kappa shape index (κ2) is 7.01. The minimum absolute atomic E-state index is 0.630. The summed E-state index contributed by atoms with van der Waals surface area (Å²) in [6.45, 7) is 14.5. The van der Waals surface area contributed by atoms with Crippen molar-refractivity contribution in [3.05, 3.63) is 15.6 Å². The van der Waals surface area contributed by atoms with Gasteiger partial charge in [0.2, 0.25) is 0 Å². The molecule has 3 unspecified atom stereocenters. The smallest absolute Gasteiger partial charge is 0.107 e. The first-order valence-corrected chi connectivity index (χ1v) is 8.77. The van der Waals surface area contributed by atoms with Crippen molar-refractivity contribution in [1.29, 1.82) is 0 Å². The summed E-state index contributed by atoms with van der Waals surface area (Å²) in [5.74, 6) is 0.745. The molecule has 1 aliphatic heterocycles. The van der Waals surface area contributed by atoms with Gasteiger partial charge in [-0.3, -0.25) is 4.90 Å². The summed E-state index contributed by atoms with van der Waals surface area (Å²) in [5, 5.41) is 5.03. The van der Waals surface area contributed by atoms with E-state index in [0.29, 0.717) is 12.1 Å². The minimum Gasteiger partial charge on any atom is -0.311 e. The Hall–Kier alpha value is -0.450. The predicted octanol–water partition coefficient (Wildman–Crippen LogP) is 3.36. The van der Waals surface area contributed by atoms with E-state index in [-0.39, 0.29) is 0 Å². The number of rotatable bonds is 5. The number of aryl methyl sites for hydroxylation is 2. The fraction of sp³-hybridized carbons (Fsp3) is 0.812. The summed E-state index contributed by atoms with van der Waals surface area (Å²) < 4.78 is 0.